The Balaban J connectivity index is 1.85. The maximum Gasteiger partial charge on any atom is 0.259 e. The number of carbonyl (C=O) groups excluding carboxylic acids is 1. The second kappa shape index (κ2) is 10.1. The first kappa shape index (κ1) is 21.7. The van der Waals surface area contributed by atoms with E-state index < -0.39 is 5.91 Å². The summed E-state index contributed by atoms with van der Waals surface area (Å²) in [6, 6.07) is 18.2. The third-order valence-electron chi connectivity index (χ3n) is 4.77. The molecule has 31 heavy (non-hydrogen) atoms. The van der Waals surface area contributed by atoms with Crippen LogP contribution in [-0.4, -0.2) is 11.0 Å². The summed E-state index contributed by atoms with van der Waals surface area (Å²) in [5.41, 5.74) is 2.13. The van der Waals surface area contributed by atoms with Gasteiger partial charge in [-0.05, 0) is 74.2 Å². The van der Waals surface area contributed by atoms with Crippen molar-refractivity contribution in [1.82, 2.24) is 5.32 Å². The molecule has 1 aliphatic rings. The number of aliphatic hydroxyl groups is 1. The summed E-state index contributed by atoms with van der Waals surface area (Å²) in [6.07, 6.45) is 8.01. The van der Waals surface area contributed by atoms with Crippen LogP contribution in [-0.2, 0) is 4.79 Å². The van der Waals surface area contributed by atoms with Gasteiger partial charge < -0.3 is 15.2 Å². The van der Waals surface area contributed by atoms with Gasteiger partial charge in [-0.15, -0.1) is 0 Å². The van der Waals surface area contributed by atoms with Crippen LogP contribution in [0.2, 0.25) is 0 Å². The highest BCUT2D eigenvalue weighted by atomic mass is 16.5. The maximum atomic E-state index is 13.0. The quantitative estimate of drug-likeness (QED) is 0.364. The van der Waals surface area contributed by atoms with Crippen LogP contribution in [0.5, 0.6) is 5.75 Å². The van der Waals surface area contributed by atoms with E-state index >= 15 is 0 Å². The van der Waals surface area contributed by atoms with Crippen molar-refractivity contribution in [2.24, 2.45) is 0 Å². The fraction of sp³-hybridized carbons (Fsp3) is 0.154. The zero-order chi connectivity index (χ0) is 22.2. The fourth-order valence-corrected chi connectivity index (χ4v) is 3.21. The Morgan fingerprint density at radius 2 is 1.74 bits per heavy atom. The molecule has 0 bridgehead atoms. The number of hydrogen-bond donors (Lipinski definition) is 2. The van der Waals surface area contributed by atoms with Crippen LogP contribution in [0.25, 0.3) is 11.3 Å². The van der Waals surface area contributed by atoms with Crippen LogP contribution < -0.4 is 10.1 Å². The van der Waals surface area contributed by atoms with Gasteiger partial charge in [-0.25, -0.2) is 0 Å². The Labute approximate surface area is 182 Å². The Morgan fingerprint density at radius 3 is 2.32 bits per heavy atom. The zero-order valence-corrected chi connectivity index (χ0v) is 17.6. The molecule has 0 aromatic heterocycles. The minimum Gasteiger partial charge on any atom is -0.512 e. The summed E-state index contributed by atoms with van der Waals surface area (Å²) in [5, 5.41) is 22.4. The molecule has 3 rings (SSSR count). The van der Waals surface area contributed by atoms with Gasteiger partial charge >= 0.3 is 0 Å². The molecule has 0 heterocycles. The number of rotatable bonds is 6. The first-order valence-corrected chi connectivity index (χ1v) is 10.0. The zero-order valence-electron chi connectivity index (χ0n) is 17.6. The molecule has 0 saturated carbocycles. The standard InChI is InChI=1S/C26H24N2O3/c1-18(17-27)25(28-26(30)24(19(2)29)20-9-5-3-6-10-20)21-13-15-23(16-14-21)31-22-11-7-4-8-12-22/h3,5-7,9-16,29H,4,8H2,1-2H3,(H,28,30)/b24-19+,25-18+. The van der Waals surface area contributed by atoms with Gasteiger partial charge in [0.25, 0.3) is 5.91 Å². The molecule has 0 fully saturated rings. The van der Waals surface area contributed by atoms with E-state index in [2.05, 4.69) is 17.5 Å². The average molecular weight is 412 g/mol. The van der Waals surface area contributed by atoms with Crippen LogP contribution in [0.4, 0.5) is 0 Å². The van der Waals surface area contributed by atoms with Crippen molar-refractivity contribution < 1.29 is 14.6 Å². The van der Waals surface area contributed by atoms with Gasteiger partial charge in [-0.2, -0.15) is 5.26 Å². The second-order valence-corrected chi connectivity index (χ2v) is 7.11. The van der Waals surface area contributed by atoms with Crippen LogP contribution in [0.15, 0.2) is 89.9 Å². The van der Waals surface area contributed by atoms with Crippen LogP contribution in [0, 0.1) is 11.3 Å². The molecule has 1 amide bonds. The molecule has 0 aliphatic heterocycles. The number of ether oxygens (including phenoxy) is 1. The number of benzene rings is 2. The van der Waals surface area contributed by atoms with Crippen LogP contribution in [0.1, 0.15) is 37.8 Å². The molecule has 5 heteroatoms. The number of aliphatic hydroxyl groups excluding tert-OH is 1. The lowest BCUT2D eigenvalue weighted by Crippen LogP contribution is -2.24. The highest BCUT2D eigenvalue weighted by Crippen LogP contribution is 2.24. The largest absolute Gasteiger partial charge is 0.512 e. The van der Waals surface area contributed by atoms with Gasteiger partial charge in [-0.1, -0.05) is 36.4 Å². The van der Waals surface area contributed by atoms with Gasteiger partial charge in [0.2, 0.25) is 0 Å². The summed E-state index contributed by atoms with van der Waals surface area (Å²) in [4.78, 5) is 13.0. The topological polar surface area (TPSA) is 82.4 Å². The lowest BCUT2D eigenvalue weighted by Gasteiger charge is -2.15. The first-order valence-electron chi connectivity index (χ1n) is 10.0. The van der Waals surface area contributed by atoms with Crippen molar-refractivity contribution in [3.8, 4) is 11.8 Å². The normalized spacial score (nSPS) is 14.5. The van der Waals surface area contributed by atoms with E-state index in [1.807, 2.05) is 18.2 Å². The lowest BCUT2D eigenvalue weighted by atomic mass is 10.0. The number of nitrogens with one attached hydrogen (secondary N) is 1. The Hall–Kier alpha value is -4.04. The number of nitrogens with zero attached hydrogens (tertiary/aromatic N) is 1. The third-order valence-corrected chi connectivity index (χ3v) is 4.77. The summed E-state index contributed by atoms with van der Waals surface area (Å²) in [5.74, 6) is 0.870. The van der Waals surface area contributed by atoms with E-state index in [1.165, 1.54) is 6.92 Å². The molecule has 2 aromatic rings. The first-order chi connectivity index (χ1) is 15.0. The molecule has 1 aliphatic carbocycles. The lowest BCUT2D eigenvalue weighted by molar-refractivity contribution is -0.114. The SMILES string of the molecule is C/C(O)=C(\C(=O)N/C(=C(\C)C#N)c1ccc(OC2=CCCC=C2)cc1)c1ccccc1. The average Bonchev–Trinajstić information content (AvgIpc) is 2.79. The smallest absolute Gasteiger partial charge is 0.259 e. The molecule has 0 radical (unpaired) electrons. The highest BCUT2D eigenvalue weighted by Gasteiger charge is 2.18. The molecule has 0 atom stereocenters. The van der Waals surface area contributed by atoms with E-state index in [0.717, 1.165) is 18.6 Å². The number of allylic oxidation sites excluding steroid dienone is 5. The number of nitriles is 1. The molecule has 2 aromatic carbocycles. The summed E-state index contributed by atoms with van der Waals surface area (Å²) >= 11 is 0. The Bertz CT molecular complexity index is 1110. The molecule has 0 spiro atoms. The number of hydrogen-bond acceptors (Lipinski definition) is 4. The molecule has 156 valence electrons. The predicted molar refractivity (Wildman–Crippen MR) is 122 cm³/mol. The van der Waals surface area contributed by atoms with Crippen molar-refractivity contribution in [2.45, 2.75) is 26.7 Å². The van der Waals surface area contributed by atoms with Gasteiger partial charge in [0.05, 0.1) is 22.9 Å². The van der Waals surface area contributed by atoms with E-state index in [-0.39, 0.29) is 11.3 Å². The van der Waals surface area contributed by atoms with Crippen molar-refractivity contribution >= 4 is 17.2 Å². The van der Waals surface area contributed by atoms with E-state index in [0.29, 0.717) is 28.1 Å². The maximum absolute atomic E-state index is 13.0. The van der Waals surface area contributed by atoms with E-state index in [9.17, 15) is 15.2 Å². The minimum atomic E-state index is -0.492. The Kier molecular flexibility index (Phi) is 7.08. The van der Waals surface area contributed by atoms with E-state index in [1.54, 1.807) is 55.5 Å². The third kappa shape index (κ3) is 5.52. The van der Waals surface area contributed by atoms with E-state index in [4.69, 9.17) is 4.74 Å². The highest BCUT2D eigenvalue weighted by molar-refractivity contribution is 6.22. The molecule has 5 nitrogen and oxygen atoms in total. The second-order valence-electron chi connectivity index (χ2n) is 7.11. The van der Waals surface area contributed by atoms with Crippen molar-refractivity contribution in [2.75, 3.05) is 0 Å². The number of carbonyl (C=O) groups is 1. The van der Waals surface area contributed by atoms with Crippen molar-refractivity contribution in [3.63, 3.8) is 0 Å². The van der Waals surface area contributed by atoms with Gasteiger partial charge in [-0.3, -0.25) is 4.79 Å². The summed E-state index contributed by atoms with van der Waals surface area (Å²) < 4.78 is 5.85. The molecular weight excluding hydrogens is 388 g/mol. The molecular formula is C26H24N2O3. The molecule has 0 saturated heterocycles. The number of amides is 1. The predicted octanol–water partition coefficient (Wildman–Crippen LogP) is 5.66. The van der Waals surface area contributed by atoms with Gasteiger partial charge in [0.15, 0.2) is 0 Å². The van der Waals surface area contributed by atoms with Gasteiger partial charge in [0, 0.05) is 0 Å². The fourth-order valence-electron chi connectivity index (χ4n) is 3.21. The van der Waals surface area contributed by atoms with Gasteiger partial charge in [0.1, 0.15) is 17.3 Å². The summed E-state index contributed by atoms with van der Waals surface area (Å²) in [6.45, 7) is 3.10. The monoisotopic (exact) mass is 412 g/mol. The molecule has 2 N–H and O–H groups in total. The minimum absolute atomic E-state index is 0.102. The van der Waals surface area contributed by atoms with Crippen molar-refractivity contribution in [3.05, 3.63) is 101 Å². The van der Waals surface area contributed by atoms with Crippen LogP contribution in [0.3, 0.4) is 0 Å². The molecule has 0 unspecified atom stereocenters. The van der Waals surface area contributed by atoms with Crippen molar-refractivity contribution in [1.29, 1.82) is 5.26 Å². The Morgan fingerprint density at radius 1 is 1.03 bits per heavy atom. The summed E-state index contributed by atoms with van der Waals surface area (Å²) in [7, 11) is 0. The van der Waals surface area contributed by atoms with Crippen LogP contribution >= 0.6 is 0 Å².